The Kier molecular flexibility index (Phi) is 4.20. The number of hydrogen-bond acceptors (Lipinski definition) is 6. The van der Waals surface area contributed by atoms with Crippen LogP contribution in [0, 0.1) is 11.3 Å². The Bertz CT molecular complexity index is 962. The zero-order valence-electron chi connectivity index (χ0n) is 12.4. The standard InChI is InChI=1S/C15H12N6O3/c16-9-10-2-1-3-11(8-10)21-7-5-12(19-21)14(22)17-6-4-13-18-15(23)24-20-13/h1-3,5,7-8H,4,6H2,(H,17,22)(H,18,20,23). The quantitative estimate of drug-likeness (QED) is 0.698. The Morgan fingerprint density at radius 2 is 2.29 bits per heavy atom. The summed E-state index contributed by atoms with van der Waals surface area (Å²) >= 11 is 0. The number of benzene rings is 1. The number of rotatable bonds is 5. The number of H-pyrrole nitrogens is 1. The number of nitrogens with zero attached hydrogens (tertiary/aromatic N) is 4. The summed E-state index contributed by atoms with van der Waals surface area (Å²) in [7, 11) is 0. The third-order valence-corrected chi connectivity index (χ3v) is 3.19. The highest BCUT2D eigenvalue weighted by Crippen LogP contribution is 2.10. The first kappa shape index (κ1) is 15.2. The van der Waals surface area contributed by atoms with Crippen LogP contribution in [0.5, 0.6) is 0 Å². The minimum absolute atomic E-state index is 0.242. The molecule has 120 valence electrons. The molecule has 24 heavy (non-hydrogen) atoms. The van der Waals surface area contributed by atoms with E-state index in [0.717, 1.165) is 0 Å². The van der Waals surface area contributed by atoms with Crippen molar-refractivity contribution in [1.29, 1.82) is 5.26 Å². The Hall–Kier alpha value is -3.67. The summed E-state index contributed by atoms with van der Waals surface area (Å²) in [6, 6.07) is 10.5. The molecule has 0 aliphatic rings. The van der Waals surface area contributed by atoms with Crippen LogP contribution in [0.2, 0.25) is 0 Å². The fraction of sp³-hybridized carbons (Fsp3) is 0.133. The number of hydrogen-bond donors (Lipinski definition) is 2. The van der Waals surface area contributed by atoms with E-state index in [1.165, 1.54) is 4.68 Å². The highest BCUT2D eigenvalue weighted by atomic mass is 16.5. The van der Waals surface area contributed by atoms with Crippen molar-refractivity contribution in [2.75, 3.05) is 6.54 Å². The second kappa shape index (κ2) is 6.62. The van der Waals surface area contributed by atoms with E-state index in [1.807, 2.05) is 0 Å². The summed E-state index contributed by atoms with van der Waals surface area (Å²) in [6.07, 6.45) is 1.98. The molecule has 0 unspecified atom stereocenters. The monoisotopic (exact) mass is 324 g/mol. The Morgan fingerprint density at radius 1 is 1.42 bits per heavy atom. The van der Waals surface area contributed by atoms with Gasteiger partial charge in [-0.1, -0.05) is 11.2 Å². The van der Waals surface area contributed by atoms with Gasteiger partial charge in [0.1, 0.15) is 0 Å². The second-order valence-electron chi connectivity index (χ2n) is 4.86. The van der Waals surface area contributed by atoms with Crippen molar-refractivity contribution in [2.24, 2.45) is 0 Å². The molecule has 0 saturated carbocycles. The highest BCUT2D eigenvalue weighted by Gasteiger charge is 2.10. The van der Waals surface area contributed by atoms with Gasteiger partial charge < -0.3 is 5.32 Å². The number of aromatic nitrogens is 4. The van der Waals surface area contributed by atoms with Crippen LogP contribution in [-0.2, 0) is 6.42 Å². The predicted molar refractivity (Wildman–Crippen MR) is 81.4 cm³/mol. The second-order valence-corrected chi connectivity index (χ2v) is 4.86. The van der Waals surface area contributed by atoms with Gasteiger partial charge in [-0.25, -0.2) is 9.48 Å². The van der Waals surface area contributed by atoms with E-state index in [-0.39, 0.29) is 18.1 Å². The van der Waals surface area contributed by atoms with Crippen LogP contribution < -0.4 is 11.1 Å². The molecule has 0 fully saturated rings. The molecule has 2 aromatic heterocycles. The topological polar surface area (TPSA) is 130 Å². The van der Waals surface area contributed by atoms with Crippen molar-refractivity contribution in [2.45, 2.75) is 6.42 Å². The van der Waals surface area contributed by atoms with E-state index < -0.39 is 5.76 Å². The first-order chi connectivity index (χ1) is 11.7. The van der Waals surface area contributed by atoms with Gasteiger partial charge in [0.2, 0.25) is 0 Å². The molecule has 3 aromatic rings. The van der Waals surface area contributed by atoms with Crippen molar-refractivity contribution in [3.05, 3.63) is 64.2 Å². The van der Waals surface area contributed by atoms with Crippen LogP contribution in [-0.4, -0.2) is 32.4 Å². The van der Waals surface area contributed by atoms with Gasteiger partial charge in [0.25, 0.3) is 5.91 Å². The van der Waals surface area contributed by atoms with Gasteiger partial charge in [0, 0.05) is 19.2 Å². The maximum atomic E-state index is 12.1. The number of nitrogens with one attached hydrogen (secondary N) is 2. The summed E-state index contributed by atoms with van der Waals surface area (Å²) in [5, 5.41) is 19.3. The number of aromatic amines is 1. The minimum atomic E-state index is -0.630. The maximum absolute atomic E-state index is 12.1. The summed E-state index contributed by atoms with van der Waals surface area (Å²) in [5.74, 6) is -0.621. The lowest BCUT2D eigenvalue weighted by Gasteiger charge is -2.02. The van der Waals surface area contributed by atoms with Crippen molar-refractivity contribution >= 4 is 5.91 Å². The molecule has 0 aliphatic heterocycles. The fourth-order valence-electron chi connectivity index (χ4n) is 2.06. The summed E-state index contributed by atoms with van der Waals surface area (Å²) in [4.78, 5) is 25.2. The van der Waals surface area contributed by atoms with Crippen molar-refractivity contribution in [3.8, 4) is 11.8 Å². The molecule has 2 N–H and O–H groups in total. The molecule has 9 nitrogen and oxygen atoms in total. The summed E-state index contributed by atoms with van der Waals surface area (Å²) in [5.41, 5.74) is 1.44. The first-order valence-electron chi connectivity index (χ1n) is 7.05. The molecule has 1 amide bonds. The minimum Gasteiger partial charge on any atom is -0.350 e. The van der Waals surface area contributed by atoms with Gasteiger partial charge in [-0.15, -0.1) is 0 Å². The van der Waals surface area contributed by atoms with E-state index in [9.17, 15) is 9.59 Å². The number of amides is 1. The van der Waals surface area contributed by atoms with Crippen LogP contribution in [0.15, 0.2) is 45.8 Å². The van der Waals surface area contributed by atoms with Crippen molar-refractivity contribution < 1.29 is 9.32 Å². The summed E-state index contributed by atoms with van der Waals surface area (Å²) < 4.78 is 5.88. The lowest BCUT2D eigenvalue weighted by atomic mass is 10.2. The molecule has 2 heterocycles. The van der Waals surface area contributed by atoms with Crippen LogP contribution in [0.3, 0.4) is 0 Å². The van der Waals surface area contributed by atoms with Crippen molar-refractivity contribution in [1.82, 2.24) is 25.2 Å². The lowest BCUT2D eigenvalue weighted by molar-refractivity contribution is 0.0948. The Balaban J connectivity index is 1.63. The SMILES string of the molecule is N#Cc1cccc(-n2ccc(C(=O)NCCc3noc(=O)[nH]3)n2)c1. The van der Waals surface area contributed by atoms with Crippen molar-refractivity contribution in [3.63, 3.8) is 0 Å². The van der Waals surface area contributed by atoms with Crippen LogP contribution in [0.4, 0.5) is 0 Å². The van der Waals surface area contributed by atoms with Crippen LogP contribution in [0.25, 0.3) is 5.69 Å². The number of carbonyl (C=O) groups is 1. The van der Waals surface area contributed by atoms with E-state index >= 15 is 0 Å². The molecule has 9 heteroatoms. The van der Waals surface area contributed by atoms with Gasteiger partial charge in [-0.3, -0.25) is 14.3 Å². The van der Waals surface area contributed by atoms with E-state index in [2.05, 4.69) is 31.1 Å². The normalized spacial score (nSPS) is 10.3. The zero-order chi connectivity index (χ0) is 16.9. The van der Waals surface area contributed by atoms with Gasteiger partial charge in [0.15, 0.2) is 11.5 Å². The Morgan fingerprint density at radius 3 is 3.04 bits per heavy atom. The molecule has 0 atom stereocenters. The van der Waals surface area contributed by atoms with Gasteiger partial charge in [0.05, 0.1) is 17.3 Å². The lowest BCUT2D eigenvalue weighted by Crippen LogP contribution is -2.26. The fourth-order valence-corrected chi connectivity index (χ4v) is 2.06. The molecule has 0 aliphatic carbocycles. The van der Waals surface area contributed by atoms with E-state index in [0.29, 0.717) is 23.5 Å². The van der Waals surface area contributed by atoms with E-state index in [4.69, 9.17) is 5.26 Å². The molecule has 3 rings (SSSR count). The Labute approximate surface area is 135 Å². The average molecular weight is 324 g/mol. The van der Waals surface area contributed by atoms with Gasteiger partial charge in [-0.05, 0) is 24.3 Å². The highest BCUT2D eigenvalue weighted by molar-refractivity contribution is 5.92. The molecule has 0 bridgehead atoms. The molecular formula is C15H12N6O3. The molecule has 0 saturated heterocycles. The summed E-state index contributed by atoms with van der Waals surface area (Å²) in [6.45, 7) is 0.276. The third kappa shape index (κ3) is 3.38. The van der Waals surface area contributed by atoms with E-state index in [1.54, 1.807) is 36.5 Å². The van der Waals surface area contributed by atoms with Crippen LogP contribution >= 0.6 is 0 Å². The van der Waals surface area contributed by atoms with Crippen LogP contribution in [0.1, 0.15) is 21.9 Å². The first-order valence-corrected chi connectivity index (χ1v) is 7.05. The average Bonchev–Trinajstić information content (AvgIpc) is 3.24. The van der Waals surface area contributed by atoms with Gasteiger partial charge >= 0.3 is 5.76 Å². The number of nitriles is 1. The molecule has 1 aromatic carbocycles. The predicted octanol–water partition coefficient (Wildman–Crippen LogP) is 0.393. The molecule has 0 radical (unpaired) electrons. The zero-order valence-corrected chi connectivity index (χ0v) is 12.4. The number of carbonyl (C=O) groups excluding carboxylic acids is 1. The third-order valence-electron chi connectivity index (χ3n) is 3.19. The smallest absolute Gasteiger partial charge is 0.350 e. The maximum Gasteiger partial charge on any atom is 0.438 e. The largest absolute Gasteiger partial charge is 0.438 e. The molecular weight excluding hydrogens is 312 g/mol. The molecule has 0 spiro atoms. The van der Waals surface area contributed by atoms with Gasteiger partial charge in [-0.2, -0.15) is 10.4 Å².